The van der Waals surface area contributed by atoms with Crippen molar-refractivity contribution >= 4 is 10.9 Å². The Hall–Kier alpha value is -4.06. The van der Waals surface area contributed by atoms with E-state index in [-0.39, 0.29) is 0 Å². The lowest BCUT2D eigenvalue weighted by atomic mass is 10.0. The second kappa shape index (κ2) is 7.75. The summed E-state index contributed by atoms with van der Waals surface area (Å²) in [5.41, 5.74) is 5.73. The van der Waals surface area contributed by atoms with Gasteiger partial charge in [0.1, 0.15) is 12.3 Å². The summed E-state index contributed by atoms with van der Waals surface area (Å²) >= 11 is 0. The summed E-state index contributed by atoms with van der Waals surface area (Å²) in [4.78, 5) is 13.2. The Morgan fingerprint density at radius 3 is 2.60 bits per heavy atom. The van der Waals surface area contributed by atoms with Crippen LogP contribution in [0.15, 0.2) is 85.5 Å². The Balaban J connectivity index is 1.35. The van der Waals surface area contributed by atoms with E-state index >= 15 is 0 Å². The molecule has 0 unspecified atom stereocenters. The maximum atomic E-state index is 5.84. The minimum absolute atomic E-state index is 0.364. The number of nitrogens with zero attached hydrogens (tertiary/aromatic N) is 5. The molecule has 0 spiro atoms. The molecule has 4 heterocycles. The molecule has 0 bridgehead atoms. The summed E-state index contributed by atoms with van der Waals surface area (Å²) in [6, 6.07) is 19.9. The highest BCUT2D eigenvalue weighted by molar-refractivity contribution is 5.80. The number of aryl methyl sites for hydroxylation is 1. The third-order valence-corrected chi connectivity index (χ3v) is 4.85. The average Bonchev–Trinajstić information content (AvgIpc) is 3.20. The zero-order valence-electron chi connectivity index (χ0n) is 16.4. The van der Waals surface area contributed by atoms with Crippen molar-refractivity contribution in [2.75, 3.05) is 0 Å². The molecule has 4 aromatic heterocycles. The third kappa shape index (κ3) is 3.63. The van der Waals surface area contributed by atoms with Crippen molar-refractivity contribution < 1.29 is 4.74 Å². The summed E-state index contributed by atoms with van der Waals surface area (Å²) in [5.74, 6) is 0.551. The molecular formula is C24H19N5O. The molecule has 1 aromatic carbocycles. The number of fused-ring (bicyclic) bond motifs is 1. The minimum Gasteiger partial charge on any atom is -0.471 e. The van der Waals surface area contributed by atoms with Crippen molar-refractivity contribution in [3.05, 3.63) is 91.1 Å². The van der Waals surface area contributed by atoms with Crippen molar-refractivity contribution in [1.29, 1.82) is 0 Å². The van der Waals surface area contributed by atoms with Crippen LogP contribution in [0.2, 0.25) is 0 Å². The standard InChI is InChI=1S/C24H19N5O/c1-29-15-21(17-10-12-25-13-11-17)24(28-29)19-7-9-23(26-14-19)30-16-20-8-6-18-4-2-3-5-22(18)27-20/h2-15H,16H2,1H3. The highest BCUT2D eigenvalue weighted by Gasteiger charge is 2.13. The van der Waals surface area contributed by atoms with Crippen molar-refractivity contribution in [3.8, 4) is 28.3 Å². The average molecular weight is 393 g/mol. The van der Waals surface area contributed by atoms with Crippen molar-refractivity contribution in [2.24, 2.45) is 7.05 Å². The van der Waals surface area contributed by atoms with Gasteiger partial charge in [-0.15, -0.1) is 0 Å². The van der Waals surface area contributed by atoms with Crippen LogP contribution in [0, 0.1) is 0 Å². The molecule has 6 heteroatoms. The summed E-state index contributed by atoms with van der Waals surface area (Å²) in [5, 5.41) is 5.73. The van der Waals surface area contributed by atoms with Crippen LogP contribution in [0.25, 0.3) is 33.3 Å². The molecule has 0 fully saturated rings. The van der Waals surface area contributed by atoms with Crippen LogP contribution in [0.3, 0.4) is 0 Å². The molecule has 0 radical (unpaired) electrons. The van der Waals surface area contributed by atoms with E-state index in [1.807, 2.05) is 67.8 Å². The zero-order valence-corrected chi connectivity index (χ0v) is 16.4. The van der Waals surface area contributed by atoms with Gasteiger partial charge in [-0.3, -0.25) is 9.67 Å². The monoisotopic (exact) mass is 393 g/mol. The van der Waals surface area contributed by atoms with Gasteiger partial charge >= 0.3 is 0 Å². The number of benzene rings is 1. The van der Waals surface area contributed by atoms with Gasteiger partial charge in [-0.05, 0) is 35.9 Å². The highest BCUT2D eigenvalue weighted by Crippen LogP contribution is 2.30. The van der Waals surface area contributed by atoms with Gasteiger partial charge in [0.2, 0.25) is 5.88 Å². The first-order chi connectivity index (χ1) is 14.8. The molecular weight excluding hydrogens is 374 g/mol. The van der Waals surface area contributed by atoms with Gasteiger partial charge in [0.05, 0.1) is 11.2 Å². The van der Waals surface area contributed by atoms with Gasteiger partial charge in [0.15, 0.2) is 0 Å². The van der Waals surface area contributed by atoms with E-state index in [9.17, 15) is 0 Å². The Morgan fingerprint density at radius 2 is 1.77 bits per heavy atom. The molecule has 30 heavy (non-hydrogen) atoms. The van der Waals surface area contributed by atoms with Crippen molar-refractivity contribution in [2.45, 2.75) is 6.61 Å². The first kappa shape index (κ1) is 18.0. The molecule has 0 N–H and O–H groups in total. The number of ether oxygens (including phenoxy) is 1. The predicted molar refractivity (Wildman–Crippen MR) is 116 cm³/mol. The fraction of sp³-hybridized carbons (Fsp3) is 0.0833. The van der Waals surface area contributed by atoms with Crippen molar-refractivity contribution in [1.82, 2.24) is 24.7 Å². The fourth-order valence-corrected chi connectivity index (χ4v) is 3.39. The minimum atomic E-state index is 0.364. The smallest absolute Gasteiger partial charge is 0.213 e. The number of aromatic nitrogens is 5. The summed E-state index contributed by atoms with van der Waals surface area (Å²) < 4.78 is 7.65. The number of rotatable bonds is 5. The van der Waals surface area contributed by atoms with E-state index in [1.54, 1.807) is 23.3 Å². The molecule has 0 amide bonds. The first-order valence-corrected chi connectivity index (χ1v) is 9.64. The van der Waals surface area contributed by atoms with Gasteiger partial charge in [0, 0.05) is 54.4 Å². The molecule has 0 aliphatic rings. The lowest BCUT2D eigenvalue weighted by Gasteiger charge is -2.07. The number of hydrogen-bond acceptors (Lipinski definition) is 5. The van der Waals surface area contributed by atoms with E-state index in [1.165, 1.54) is 0 Å². The van der Waals surface area contributed by atoms with E-state index < -0.39 is 0 Å². The Morgan fingerprint density at radius 1 is 0.900 bits per heavy atom. The molecule has 0 saturated carbocycles. The number of pyridine rings is 3. The lowest BCUT2D eigenvalue weighted by Crippen LogP contribution is -2.00. The molecule has 146 valence electrons. The van der Waals surface area contributed by atoms with E-state index in [0.29, 0.717) is 12.5 Å². The molecule has 0 aliphatic heterocycles. The number of hydrogen-bond donors (Lipinski definition) is 0. The van der Waals surface area contributed by atoms with Crippen LogP contribution in [-0.2, 0) is 13.7 Å². The fourth-order valence-electron chi connectivity index (χ4n) is 3.39. The van der Waals surface area contributed by atoms with Crippen LogP contribution in [0.4, 0.5) is 0 Å². The molecule has 0 saturated heterocycles. The molecule has 0 atom stereocenters. The van der Waals surface area contributed by atoms with Crippen LogP contribution >= 0.6 is 0 Å². The van der Waals surface area contributed by atoms with Crippen LogP contribution in [0.1, 0.15) is 5.69 Å². The van der Waals surface area contributed by atoms with Crippen LogP contribution in [-0.4, -0.2) is 24.7 Å². The summed E-state index contributed by atoms with van der Waals surface area (Å²) in [7, 11) is 1.91. The van der Waals surface area contributed by atoms with Gasteiger partial charge in [-0.2, -0.15) is 5.10 Å². The largest absolute Gasteiger partial charge is 0.471 e. The van der Waals surface area contributed by atoms with Gasteiger partial charge < -0.3 is 4.74 Å². The Bertz CT molecular complexity index is 1300. The van der Waals surface area contributed by atoms with Crippen LogP contribution < -0.4 is 4.74 Å². The maximum absolute atomic E-state index is 5.84. The molecule has 5 aromatic rings. The third-order valence-electron chi connectivity index (χ3n) is 4.85. The number of para-hydroxylation sites is 1. The Kier molecular flexibility index (Phi) is 4.65. The molecule has 6 nitrogen and oxygen atoms in total. The second-order valence-corrected chi connectivity index (χ2v) is 6.97. The van der Waals surface area contributed by atoms with Crippen LogP contribution in [0.5, 0.6) is 5.88 Å². The van der Waals surface area contributed by atoms with Gasteiger partial charge in [-0.1, -0.05) is 24.3 Å². The maximum Gasteiger partial charge on any atom is 0.213 e. The predicted octanol–water partition coefficient (Wildman–Crippen LogP) is 4.67. The second-order valence-electron chi connectivity index (χ2n) is 6.97. The normalized spacial score (nSPS) is 11.0. The Labute approximate surface area is 173 Å². The summed E-state index contributed by atoms with van der Waals surface area (Å²) in [6.45, 7) is 0.364. The molecule has 5 rings (SSSR count). The SMILES string of the molecule is Cn1cc(-c2ccncc2)c(-c2ccc(OCc3ccc4ccccc4n3)nc2)n1. The van der Waals surface area contributed by atoms with E-state index in [0.717, 1.165) is 39.0 Å². The summed E-state index contributed by atoms with van der Waals surface area (Å²) in [6.07, 6.45) is 7.35. The van der Waals surface area contributed by atoms with Crippen molar-refractivity contribution in [3.63, 3.8) is 0 Å². The van der Waals surface area contributed by atoms with E-state index in [4.69, 9.17) is 4.74 Å². The highest BCUT2D eigenvalue weighted by atomic mass is 16.5. The lowest BCUT2D eigenvalue weighted by molar-refractivity contribution is 0.290. The molecule has 0 aliphatic carbocycles. The topological polar surface area (TPSA) is 65.7 Å². The first-order valence-electron chi connectivity index (χ1n) is 9.64. The quantitative estimate of drug-likeness (QED) is 0.434. The van der Waals surface area contributed by atoms with Gasteiger partial charge in [-0.25, -0.2) is 9.97 Å². The zero-order chi connectivity index (χ0) is 20.3. The van der Waals surface area contributed by atoms with Gasteiger partial charge in [0.25, 0.3) is 0 Å². The van der Waals surface area contributed by atoms with E-state index in [2.05, 4.69) is 26.1 Å².